The van der Waals surface area contributed by atoms with Crippen LogP contribution in [0, 0.1) is 0 Å². The number of anilines is 1. The molecule has 0 unspecified atom stereocenters. The number of benzene rings is 1. The zero-order chi connectivity index (χ0) is 8.97. The molecule has 1 N–H and O–H groups in total. The molecule has 0 atom stereocenters. The van der Waals surface area contributed by atoms with Gasteiger partial charge in [0.15, 0.2) is 0 Å². The van der Waals surface area contributed by atoms with E-state index in [-0.39, 0.29) is 0 Å². The molecule has 0 spiro atoms. The number of hydrogen-bond donors (Lipinski definition) is 1. The number of carbonyl (C=O) groups excluding carboxylic acids is 1. The lowest BCUT2D eigenvalue weighted by molar-refractivity contribution is 0.561. The van der Waals surface area contributed by atoms with Crippen LogP contribution in [0.2, 0.25) is 0 Å². The van der Waals surface area contributed by atoms with E-state index in [0.29, 0.717) is 5.92 Å². The zero-order valence-electron chi connectivity index (χ0n) is 7.29. The molecule has 0 aliphatic rings. The summed E-state index contributed by atoms with van der Waals surface area (Å²) in [5, 5.41) is 2.47. The topological polar surface area (TPSA) is 29.1 Å². The first kappa shape index (κ1) is 8.78. The van der Waals surface area contributed by atoms with Crippen LogP contribution in [0.15, 0.2) is 24.3 Å². The van der Waals surface area contributed by atoms with Crippen LogP contribution in [0.3, 0.4) is 0 Å². The predicted molar refractivity (Wildman–Crippen MR) is 49.8 cm³/mol. The predicted octanol–water partition coefficient (Wildman–Crippen LogP) is 2.29. The molecule has 0 bridgehead atoms. The van der Waals surface area contributed by atoms with E-state index in [0.717, 1.165) is 5.69 Å². The Morgan fingerprint density at radius 1 is 1.25 bits per heavy atom. The third kappa shape index (κ3) is 2.09. The largest absolute Gasteiger partial charge is 0.318 e. The molecule has 1 rings (SSSR count). The first-order chi connectivity index (χ1) is 5.74. The van der Waals surface area contributed by atoms with Gasteiger partial charge in [-0.15, -0.1) is 0 Å². The molecule has 0 aliphatic heterocycles. The first-order valence-electron chi connectivity index (χ1n) is 3.97. The molecule has 1 amide bonds. The van der Waals surface area contributed by atoms with Crippen LogP contribution in [0.5, 0.6) is 0 Å². The van der Waals surface area contributed by atoms with E-state index >= 15 is 0 Å². The summed E-state index contributed by atoms with van der Waals surface area (Å²) in [5.41, 5.74) is 2.06. The molecule has 0 saturated carbocycles. The van der Waals surface area contributed by atoms with Crippen molar-refractivity contribution in [3.05, 3.63) is 29.8 Å². The Balaban J connectivity index is 2.78. The standard InChI is InChI=1S/C10H12NO/c1-8(2)9-3-5-10(6-4-9)11-7-12/h3-6,8H,1-2H3,(H,11,12). The van der Waals surface area contributed by atoms with E-state index in [4.69, 9.17) is 0 Å². The van der Waals surface area contributed by atoms with Gasteiger partial charge in [-0.25, -0.2) is 0 Å². The van der Waals surface area contributed by atoms with Crippen molar-refractivity contribution in [2.24, 2.45) is 0 Å². The molecule has 0 aliphatic carbocycles. The summed E-state index contributed by atoms with van der Waals surface area (Å²) in [7, 11) is 0. The lowest BCUT2D eigenvalue weighted by atomic mass is 10.0. The monoisotopic (exact) mass is 162 g/mol. The van der Waals surface area contributed by atoms with E-state index < -0.39 is 0 Å². The van der Waals surface area contributed by atoms with Gasteiger partial charge in [0.1, 0.15) is 0 Å². The molecule has 1 radical (unpaired) electrons. The summed E-state index contributed by atoms with van der Waals surface area (Å²) in [6, 6.07) is 7.76. The average Bonchev–Trinajstić information content (AvgIpc) is 2.06. The summed E-state index contributed by atoms with van der Waals surface area (Å²) < 4.78 is 0. The smallest absolute Gasteiger partial charge is 0.314 e. The maximum absolute atomic E-state index is 9.96. The fraction of sp³-hybridized carbons (Fsp3) is 0.300. The second kappa shape index (κ2) is 3.90. The Morgan fingerprint density at radius 2 is 1.83 bits per heavy atom. The van der Waals surface area contributed by atoms with Crippen LogP contribution < -0.4 is 5.32 Å². The van der Waals surface area contributed by atoms with Crippen LogP contribution in [0.4, 0.5) is 5.69 Å². The van der Waals surface area contributed by atoms with Gasteiger partial charge in [0.05, 0.1) is 0 Å². The Hall–Kier alpha value is -1.31. The van der Waals surface area contributed by atoms with Gasteiger partial charge in [0.2, 0.25) is 0 Å². The molecular formula is C10H12NO. The summed E-state index contributed by atoms with van der Waals surface area (Å²) in [6.45, 7) is 4.27. The van der Waals surface area contributed by atoms with E-state index in [1.807, 2.05) is 24.3 Å². The average molecular weight is 162 g/mol. The van der Waals surface area contributed by atoms with E-state index in [2.05, 4.69) is 19.2 Å². The second-order valence-electron chi connectivity index (χ2n) is 3.00. The lowest BCUT2D eigenvalue weighted by Gasteiger charge is -2.05. The highest BCUT2D eigenvalue weighted by molar-refractivity contribution is 5.71. The third-order valence-corrected chi connectivity index (χ3v) is 1.77. The Kier molecular flexibility index (Phi) is 2.86. The molecule has 0 fully saturated rings. The van der Waals surface area contributed by atoms with Gasteiger partial charge >= 0.3 is 6.41 Å². The van der Waals surface area contributed by atoms with Crippen LogP contribution in [-0.2, 0) is 4.79 Å². The SMILES string of the molecule is CC(C)c1ccc(N[C]=O)cc1. The number of amides is 1. The van der Waals surface area contributed by atoms with Crippen LogP contribution in [0.25, 0.3) is 0 Å². The molecule has 1 aromatic carbocycles. The molecule has 2 heteroatoms. The fourth-order valence-corrected chi connectivity index (χ4v) is 1.01. The Morgan fingerprint density at radius 3 is 2.25 bits per heavy atom. The molecule has 12 heavy (non-hydrogen) atoms. The van der Waals surface area contributed by atoms with Gasteiger partial charge < -0.3 is 5.32 Å². The van der Waals surface area contributed by atoms with E-state index in [1.54, 1.807) is 6.41 Å². The van der Waals surface area contributed by atoms with Gasteiger partial charge in [-0.05, 0) is 23.6 Å². The minimum absolute atomic E-state index is 0.527. The molecule has 0 saturated heterocycles. The summed E-state index contributed by atoms with van der Waals surface area (Å²) in [4.78, 5) is 9.96. The quantitative estimate of drug-likeness (QED) is 0.679. The third-order valence-electron chi connectivity index (χ3n) is 1.77. The Labute approximate surface area is 72.6 Å². The fourth-order valence-electron chi connectivity index (χ4n) is 1.01. The number of nitrogens with one attached hydrogen (secondary N) is 1. The molecule has 63 valence electrons. The van der Waals surface area contributed by atoms with Crippen LogP contribution in [0.1, 0.15) is 25.3 Å². The van der Waals surface area contributed by atoms with Gasteiger partial charge in [0.25, 0.3) is 0 Å². The lowest BCUT2D eigenvalue weighted by Crippen LogP contribution is -1.94. The minimum atomic E-state index is 0.527. The van der Waals surface area contributed by atoms with Crippen LogP contribution >= 0.6 is 0 Å². The highest BCUT2D eigenvalue weighted by Gasteiger charge is 1.97. The number of hydrogen-bond acceptors (Lipinski definition) is 1. The summed E-state index contributed by atoms with van der Waals surface area (Å²) in [5.74, 6) is 0.527. The zero-order valence-corrected chi connectivity index (χ0v) is 7.29. The maximum Gasteiger partial charge on any atom is 0.314 e. The van der Waals surface area contributed by atoms with Gasteiger partial charge in [-0.2, -0.15) is 0 Å². The highest BCUT2D eigenvalue weighted by Crippen LogP contribution is 2.16. The highest BCUT2D eigenvalue weighted by atomic mass is 16.1. The van der Waals surface area contributed by atoms with Crippen molar-refractivity contribution in [2.75, 3.05) is 5.32 Å². The first-order valence-corrected chi connectivity index (χ1v) is 3.97. The van der Waals surface area contributed by atoms with Gasteiger partial charge in [0, 0.05) is 5.69 Å². The molecular weight excluding hydrogens is 150 g/mol. The van der Waals surface area contributed by atoms with Crippen molar-refractivity contribution in [1.82, 2.24) is 0 Å². The molecule has 0 heterocycles. The summed E-state index contributed by atoms with van der Waals surface area (Å²) in [6.07, 6.45) is 1.63. The van der Waals surface area contributed by atoms with Crippen molar-refractivity contribution in [3.63, 3.8) is 0 Å². The molecule has 2 nitrogen and oxygen atoms in total. The molecule has 0 aromatic heterocycles. The number of rotatable bonds is 3. The van der Waals surface area contributed by atoms with Crippen molar-refractivity contribution in [2.45, 2.75) is 19.8 Å². The van der Waals surface area contributed by atoms with E-state index in [9.17, 15) is 4.79 Å². The minimum Gasteiger partial charge on any atom is -0.318 e. The van der Waals surface area contributed by atoms with E-state index in [1.165, 1.54) is 5.56 Å². The summed E-state index contributed by atoms with van der Waals surface area (Å²) >= 11 is 0. The maximum atomic E-state index is 9.96. The molecule has 1 aromatic rings. The van der Waals surface area contributed by atoms with Crippen LogP contribution in [-0.4, -0.2) is 6.41 Å². The van der Waals surface area contributed by atoms with Crippen molar-refractivity contribution >= 4 is 12.1 Å². The normalized spacial score (nSPS) is 9.92. The van der Waals surface area contributed by atoms with Gasteiger partial charge in [-0.3, -0.25) is 4.79 Å². The van der Waals surface area contributed by atoms with Crippen molar-refractivity contribution < 1.29 is 4.79 Å². The van der Waals surface area contributed by atoms with Crippen molar-refractivity contribution in [1.29, 1.82) is 0 Å². The van der Waals surface area contributed by atoms with Crippen molar-refractivity contribution in [3.8, 4) is 0 Å². The van der Waals surface area contributed by atoms with Gasteiger partial charge in [-0.1, -0.05) is 26.0 Å². The Bertz CT molecular complexity index is 251. The second-order valence-corrected chi connectivity index (χ2v) is 3.00.